The number of aromatic carboxylic acids is 1. The molecule has 0 bridgehead atoms. The van der Waals surface area contributed by atoms with Crippen LogP contribution in [0.25, 0.3) is 6.08 Å². The minimum absolute atomic E-state index is 0.0560. The second-order valence-electron chi connectivity index (χ2n) is 6.76. The van der Waals surface area contributed by atoms with Crippen molar-refractivity contribution in [2.75, 3.05) is 18.7 Å². The predicted molar refractivity (Wildman–Crippen MR) is 119 cm³/mol. The lowest BCUT2D eigenvalue weighted by molar-refractivity contribution is -0.268. The first-order valence-electron chi connectivity index (χ1n) is 9.31. The van der Waals surface area contributed by atoms with Crippen LogP contribution in [0.3, 0.4) is 0 Å². The number of carbonyl (C=O) groups excluding carboxylic acids is 2. The highest BCUT2D eigenvalue weighted by atomic mass is 32.2. The molecule has 0 saturated carbocycles. The van der Waals surface area contributed by atoms with Crippen LogP contribution >= 0.6 is 24.0 Å². The summed E-state index contributed by atoms with van der Waals surface area (Å²) in [6, 6.07) is 8.81. The number of carboxylic acids is 1. The number of nitrogens with one attached hydrogen (secondary N) is 1. The van der Waals surface area contributed by atoms with Crippen molar-refractivity contribution in [3.8, 4) is 17.2 Å². The molecule has 32 heavy (non-hydrogen) atoms. The summed E-state index contributed by atoms with van der Waals surface area (Å²) in [7, 11) is 0. The number of ether oxygens (including phenoxy) is 2. The van der Waals surface area contributed by atoms with Crippen molar-refractivity contribution in [3.05, 3.63) is 52.4 Å². The van der Waals surface area contributed by atoms with Crippen LogP contribution in [0.1, 0.15) is 22.3 Å². The molecule has 2 aromatic rings. The standard InChI is InChI=1S/C21H16N2O7S2/c24-14-3-2-12(9-13(14)20(27)28)22-18(25)5-6-23-19(26)17(32-21(23)31)8-11-1-4-15-16(7-11)30-10-29-15/h1-4,7-9,24H,5-6,10H2,(H,22,25)(H,27,28)/p-1. The summed E-state index contributed by atoms with van der Waals surface area (Å²) in [6.07, 6.45) is 1.63. The van der Waals surface area contributed by atoms with Crippen LogP contribution < -0.4 is 19.9 Å². The summed E-state index contributed by atoms with van der Waals surface area (Å²) in [6.45, 7) is 0.210. The molecule has 2 aromatic carbocycles. The van der Waals surface area contributed by atoms with Crippen LogP contribution in [0.2, 0.25) is 0 Å². The van der Waals surface area contributed by atoms with Gasteiger partial charge in [-0.05, 0) is 35.9 Å². The Kier molecular flexibility index (Phi) is 6.01. The first-order chi connectivity index (χ1) is 15.3. The van der Waals surface area contributed by atoms with Crippen molar-refractivity contribution in [1.82, 2.24) is 4.90 Å². The molecule has 0 spiro atoms. The molecule has 9 nitrogen and oxygen atoms in total. The number of anilines is 1. The van der Waals surface area contributed by atoms with E-state index in [1.807, 2.05) is 0 Å². The third-order valence-corrected chi connectivity index (χ3v) is 6.00. The molecule has 164 valence electrons. The van der Waals surface area contributed by atoms with Crippen LogP contribution in [0.15, 0.2) is 41.3 Å². The molecule has 2 aliphatic rings. The largest absolute Gasteiger partial charge is 0.872 e. The number of carboxylic acid groups (broad SMARTS) is 1. The molecule has 0 unspecified atom stereocenters. The van der Waals surface area contributed by atoms with Gasteiger partial charge in [0, 0.05) is 18.7 Å². The van der Waals surface area contributed by atoms with E-state index in [0.717, 1.165) is 29.5 Å². The van der Waals surface area contributed by atoms with E-state index in [-0.39, 0.29) is 31.4 Å². The topological polar surface area (TPSA) is 128 Å². The molecule has 1 fully saturated rings. The number of thioether (sulfide) groups is 1. The molecule has 2 heterocycles. The molecule has 4 rings (SSSR count). The van der Waals surface area contributed by atoms with Gasteiger partial charge in [-0.25, -0.2) is 4.79 Å². The first kappa shape index (κ1) is 21.7. The molecule has 2 N–H and O–H groups in total. The highest BCUT2D eigenvalue weighted by molar-refractivity contribution is 8.26. The van der Waals surface area contributed by atoms with E-state index in [2.05, 4.69) is 5.32 Å². The van der Waals surface area contributed by atoms with Crippen LogP contribution in [0.5, 0.6) is 17.2 Å². The van der Waals surface area contributed by atoms with Gasteiger partial charge < -0.3 is 25.0 Å². The lowest BCUT2D eigenvalue weighted by atomic mass is 10.1. The monoisotopic (exact) mass is 471 g/mol. The summed E-state index contributed by atoms with van der Waals surface area (Å²) in [4.78, 5) is 37.8. The average molecular weight is 471 g/mol. The van der Waals surface area contributed by atoms with E-state index in [0.29, 0.717) is 20.7 Å². The number of rotatable bonds is 6. The van der Waals surface area contributed by atoms with Crippen molar-refractivity contribution in [1.29, 1.82) is 0 Å². The number of amides is 2. The van der Waals surface area contributed by atoms with Crippen molar-refractivity contribution in [3.63, 3.8) is 0 Å². The van der Waals surface area contributed by atoms with E-state index in [1.165, 1.54) is 11.0 Å². The predicted octanol–water partition coefficient (Wildman–Crippen LogP) is 2.42. The molecule has 2 amide bonds. The van der Waals surface area contributed by atoms with Gasteiger partial charge in [0.1, 0.15) is 4.32 Å². The van der Waals surface area contributed by atoms with E-state index in [4.69, 9.17) is 26.8 Å². The molecule has 0 atom stereocenters. The molecule has 0 aromatic heterocycles. The zero-order chi connectivity index (χ0) is 22.8. The van der Waals surface area contributed by atoms with E-state index in [9.17, 15) is 19.5 Å². The third-order valence-electron chi connectivity index (χ3n) is 4.62. The van der Waals surface area contributed by atoms with Gasteiger partial charge >= 0.3 is 5.97 Å². The lowest BCUT2D eigenvalue weighted by Gasteiger charge is -2.15. The Morgan fingerprint density at radius 1 is 1.22 bits per heavy atom. The Hall–Kier alpha value is -3.57. The summed E-state index contributed by atoms with van der Waals surface area (Å²) >= 11 is 6.42. The normalized spacial score (nSPS) is 16.0. The Balaban J connectivity index is 1.38. The fourth-order valence-electron chi connectivity index (χ4n) is 3.06. The molecule has 1 saturated heterocycles. The Morgan fingerprint density at radius 3 is 2.78 bits per heavy atom. The van der Waals surface area contributed by atoms with Crippen LogP contribution in [-0.2, 0) is 9.59 Å². The molecular formula is C21H15N2O7S2-. The summed E-state index contributed by atoms with van der Waals surface area (Å²) in [5.41, 5.74) is 0.497. The highest BCUT2D eigenvalue weighted by Gasteiger charge is 2.32. The van der Waals surface area contributed by atoms with Crippen molar-refractivity contribution in [2.24, 2.45) is 0 Å². The second kappa shape index (κ2) is 8.89. The third kappa shape index (κ3) is 4.53. The fraction of sp³-hybridized carbons (Fsp3) is 0.143. The van der Waals surface area contributed by atoms with Gasteiger partial charge in [-0.15, -0.1) is 0 Å². The summed E-state index contributed by atoms with van der Waals surface area (Å²) in [5, 5.41) is 23.1. The number of thiocarbonyl (C=S) groups is 1. The van der Waals surface area contributed by atoms with Crippen LogP contribution in [-0.4, -0.2) is 45.4 Å². The maximum absolute atomic E-state index is 12.7. The zero-order valence-corrected chi connectivity index (χ0v) is 18.0. The maximum atomic E-state index is 12.7. The number of hydrogen-bond acceptors (Lipinski definition) is 8. The van der Waals surface area contributed by atoms with Crippen molar-refractivity contribution < 1.29 is 34.1 Å². The number of nitrogens with zero attached hydrogens (tertiary/aromatic N) is 1. The number of benzene rings is 2. The lowest BCUT2D eigenvalue weighted by Crippen LogP contribution is -2.31. The summed E-state index contributed by atoms with van der Waals surface area (Å²) < 4.78 is 10.9. The van der Waals surface area contributed by atoms with Crippen LogP contribution in [0.4, 0.5) is 5.69 Å². The summed E-state index contributed by atoms with van der Waals surface area (Å²) in [5.74, 6) is -1.55. The minimum atomic E-state index is -1.38. The Bertz CT molecular complexity index is 1180. The van der Waals surface area contributed by atoms with E-state index < -0.39 is 23.2 Å². The SMILES string of the molecule is O=C(CCN1C(=O)C(=Cc2ccc3c(c2)OCO3)SC1=S)Nc1ccc([O-])c(C(=O)O)c1. The maximum Gasteiger partial charge on any atom is 0.335 e. The average Bonchev–Trinajstić information content (AvgIpc) is 3.32. The van der Waals surface area contributed by atoms with Crippen molar-refractivity contribution >= 4 is 57.8 Å². The molecule has 0 aliphatic carbocycles. The van der Waals surface area contributed by atoms with Crippen LogP contribution in [0, 0.1) is 0 Å². The van der Waals surface area contributed by atoms with Gasteiger partial charge in [0.25, 0.3) is 5.91 Å². The second-order valence-corrected chi connectivity index (χ2v) is 8.44. The van der Waals surface area contributed by atoms with E-state index in [1.54, 1.807) is 24.3 Å². The van der Waals surface area contributed by atoms with Gasteiger partial charge in [0.05, 0.1) is 10.5 Å². The smallest absolute Gasteiger partial charge is 0.335 e. The molecular weight excluding hydrogens is 456 g/mol. The quantitative estimate of drug-likeness (QED) is 0.482. The first-order valence-corrected chi connectivity index (χ1v) is 10.5. The Morgan fingerprint density at radius 2 is 2.00 bits per heavy atom. The molecule has 11 heteroatoms. The number of carbonyl (C=O) groups is 3. The van der Waals surface area contributed by atoms with E-state index >= 15 is 0 Å². The molecule has 0 radical (unpaired) electrons. The number of fused-ring (bicyclic) bond motifs is 1. The van der Waals surface area contributed by atoms with Gasteiger partial charge in [0.15, 0.2) is 11.5 Å². The van der Waals surface area contributed by atoms with Gasteiger partial charge in [-0.3, -0.25) is 14.5 Å². The fourth-order valence-corrected chi connectivity index (χ4v) is 4.37. The van der Waals surface area contributed by atoms with Gasteiger partial charge in [0.2, 0.25) is 12.7 Å². The number of hydrogen-bond donors (Lipinski definition) is 2. The van der Waals surface area contributed by atoms with Gasteiger partial charge in [-0.1, -0.05) is 41.9 Å². The van der Waals surface area contributed by atoms with Crippen molar-refractivity contribution in [2.45, 2.75) is 6.42 Å². The minimum Gasteiger partial charge on any atom is -0.872 e. The molecule has 2 aliphatic heterocycles. The highest BCUT2D eigenvalue weighted by Crippen LogP contribution is 2.36. The Labute approximate surface area is 191 Å². The zero-order valence-electron chi connectivity index (χ0n) is 16.3. The van der Waals surface area contributed by atoms with Gasteiger partial charge in [-0.2, -0.15) is 0 Å².